The van der Waals surface area contributed by atoms with Crippen LogP contribution in [0.1, 0.15) is 36.5 Å². The number of benzene rings is 1. The first-order valence-corrected chi connectivity index (χ1v) is 6.37. The smallest absolute Gasteiger partial charge is 0.270 e. The van der Waals surface area contributed by atoms with Crippen molar-refractivity contribution in [3.8, 4) is 0 Å². The first-order chi connectivity index (χ1) is 9.54. The number of nitro groups is 1. The summed E-state index contributed by atoms with van der Waals surface area (Å²) in [6.07, 6.45) is 3.27. The molecule has 0 saturated heterocycles. The Morgan fingerprint density at radius 3 is 2.80 bits per heavy atom. The Bertz CT molecular complexity index is 734. The van der Waals surface area contributed by atoms with E-state index in [1.165, 1.54) is 24.4 Å². The quantitative estimate of drug-likeness (QED) is 0.515. The molecule has 1 aromatic heterocycles. The molecule has 20 heavy (non-hydrogen) atoms. The van der Waals surface area contributed by atoms with Crippen LogP contribution in [-0.4, -0.2) is 15.7 Å². The van der Waals surface area contributed by atoms with Gasteiger partial charge in [-0.15, -0.1) is 0 Å². The molecule has 0 saturated carbocycles. The van der Waals surface area contributed by atoms with Crippen LogP contribution >= 0.6 is 0 Å². The van der Waals surface area contributed by atoms with Crippen LogP contribution in [-0.2, 0) is 0 Å². The Labute approximate surface area is 114 Å². The van der Waals surface area contributed by atoms with Crippen molar-refractivity contribution in [2.24, 2.45) is 0 Å². The Hall–Kier alpha value is -2.50. The number of unbranched alkanes of at least 4 members (excludes halogenated alkanes) is 1. The zero-order chi connectivity index (χ0) is 14.7. The van der Waals surface area contributed by atoms with Crippen LogP contribution in [0.5, 0.6) is 0 Å². The van der Waals surface area contributed by atoms with Crippen LogP contribution in [0.2, 0.25) is 0 Å². The molecule has 0 aliphatic carbocycles. The molecular formula is C14H14N2O4. The van der Waals surface area contributed by atoms with E-state index < -0.39 is 10.4 Å². The zero-order valence-corrected chi connectivity index (χ0v) is 11.0. The number of aromatic nitrogens is 1. The number of ketones is 1. The minimum Gasteiger partial charge on any atom is -0.360 e. The molecule has 0 unspecified atom stereocenters. The zero-order valence-electron chi connectivity index (χ0n) is 11.0. The lowest BCUT2D eigenvalue weighted by Gasteiger charge is -2.02. The number of hydrogen-bond acceptors (Lipinski definition) is 4. The number of carbonyl (C=O) groups is 1. The first kappa shape index (κ1) is 13.9. The number of carbonyl (C=O) groups excluding carboxylic acids is 1. The summed E-state index contributed by atoms with van der Waals surface area (Å²) in [6, 6.07) is 3.98. The number of H-pyrrole nitrogens is 1. The van der Waals surface area contributed by atoms with E-state index in [1.54, 1.807) is 0 Å². The molecule has 1 aromatic carbocycles. The Morgan fingerprint density at radius 2 is 2.15 bits per heavy atom. The number of nitrogens with one attached hydrogen (secondary N) is 1. The maximum Gasteiger partial charge on any atom is 0.270 e. The van der Waals surface area contributed by atoms with Gasteiger partial charge in [-0.25, -0.2) is 0 Å². The molecule has 0 radical (unpaired) electrons. The molecular weight excluding hydrogens is 260 g/mol. The fraction of sp³-hybridized carbons (Fsp3) is 0.286. The predicted octanol–water partition coefficient (Wildman–Crippen LogP) is 2.81. The minimum absolute atomic E-state index is 0.0615. The van der Waals surface area contributed by atoms with Crippen molar-refractivity contribution >= 4 is 22.4 Å². The van der Waals surface area contributed by atoms with Gasteiger partial charge < -0.3 is 4.98 Å². The van der Waals surface area contributed by atoms with Gasteiger partial charge in [-0.2, -0.15) is 0 Å². The molecule has 6 heteroatoms. The minimum atomic E-state index is -0.565. The fourth-order valence-electron chi connectivity index (χ4n) is 2.00. The van der Waals surface area contributed by atoms with E-state index in [1.807, 2.05) is 6.92 Å². The van der Waals surface area contributed by atoms with E-state index in [4.69, 9.17) is 0 Å². The summed E-state index contributed by atoms with van der Waals surface area (Å²) >= 11 is 0. The van der Waals surface area contributed by atoms with Gasteiger partial charge in [-0.05, 0) is 12.5 Å². The van der Waals surface area contributed by atoms with Gasteiger partial charge in [0.2, 0.25) is 0 Å². The average molecular weight is 274 g/mol. The maximum absolute atomic E-state index is 12.2. The second-order valence-electron chi connectivity index (χ2n) is 4.55. The van der Waals surface area contributed by atoms with Gasteiger partial charge >= 0.3 is 0 Å². The predicted molar refractivity (Wildman–Crippen MR) is 75.1 cm³/mol. The van der Waals surface area contributed by atoms with Crippen molar-refractivity contribution in [2.75, 3.05) is 0 Å². The highest BCUT2D eigenvalue weighted by atomic mass is 16.6. The molecule has 6 nitrogen and oxygen atoms in total. The molecule has 0 aliphatic heterocycles. The van der Waals surface area contributed by atoms with Gasteiger partial charge in [0.05, 0.1) is 15.9 Å². The molecule has 2 rings (SSSR count). The summed E-state index contributed by atoms with van der Waals surface area (Å²) in [5.41, 5.74) is -0.0798. The molecule has 1 heterocycles. The van der Waals surface area contributed by atoms with Gasteiger partial charge in [0.25, 0.3) is 5.69 Å². The first-order valence-electron chi connectivity index (χ1n) is 6.37. The number of rotatable bonds is 5. The van der Waals surface area contributed by atoms with Crippen molar-refractivity contribution in [3.63, 3.8) is 0 Å². The Morgan fingerprint density at radius 1 is 1.40 bits per heavy atom. The molecule has 0 bridgehead atoms. The lowest BCUT2D eigenvalue weighted by molar-refractivity contribution is -0.384. The Kier molecular flexibility index (Phi) is 3.93. The second-order valence-corrected chi connectivity index (χ2v) is 4.55. The normalized spacial score (nSPS) is 10.7. The topological polar surface area (TPSA) is 93.1 Å². The van der Waals surface area contributed by atoms with E-state index >= 15 is 0 Å². The van der Waals surface area contributed by atoms with Gasteiger partial charge in [-0.1, -0.05) is 13.3 Å². The summed E-state index contributed by atoms with van der Waals surface area (Å²) in [5, 5.41) is 10.9. The molecule has 0 amide bonds. The Balaban J connectivity index is 2.54. The monoisotopic (exact) mass is 274 g/mol. The summed E-state index contributed by atoms with van der Waals surface area (Å²) in [7, 11) is 0. The van der Waals surface area contributed by atoms with Crippen molar-refractivity contribution in [1.82, 2.24) is 4.98 Å². The number of pyridine rings is 1. The molecule has 0 aliphatic rings. The van der Waals surface area contributed by atoms with E-state index in [9.17, 15) is 19.7 Å². The average Bonchev–Trinajstić information content (AvgIpc) is 2.44. The van der Waals surface area contributed by atoms with Crippen molar-refractivity contribution < 1.29 is 9.72 Å². The van der Waals surface area contributed by atoms with Crippen LogP contribution < -0.4 is 5.43 Å². The van der Waals surface area contributed by atoms with Gasteiger partial charge in [-0.3, -0.25) is 19.7 Å². The number of nitro benzene ring substituents is 1. The number of non-ortho nitro benzene ring substituents is 1. The standard InChI is InChI=1S/C14H14N2O4/c1-2-3-4-13(17)11-8-15-12-6-5-9(16(19)20)7-10(12)14(11)18/h5-8H,2-4H2,1H3,(H,15,18). The molecule has 0 spiro atoms. The third-order valence-corrected chi connectivity index (χ3v) is 3.13. The van der Waals surface area contributed by atoms with E-state index in [2.05, 4.69) is 4.98 Å². The summed E-state index contributed by atoms with van der Waals surface area (Å²) in [5.74, 6) is -0.235. The molecule has 0 atom stereocenters. The summed E-state index contributed by atoms with van der Waals surface area (Å²) < 4.78 is 0. The highest BCUT2D eigenvalue weighted by Gasteiger charge is 2.15. The van der Waals surface area contributed by atoms with Gasteiger partial charge in [0.1, 0.15) is 0 Å². The van der Waals surface area contributed by atoms with Gasteiger partial charge in [0.15, 0.2) is 11.2 Å². The van der Waals surface area contributed by atoms with Crippen molar-refractivity contribution in [1.29, 1.82) is 0 Å². The molecule has 0 fully saturated rings. The molecule has 1 N–H and O–H groups in total. The van der Waals surface area contributed by atoms with Crippen LogP contribution in [0.4, 0.5) is 5.69 Å². The fourth-order valence-corrected chi connectivity index (χ4v) is 2.00. The van der Waals surface area contributed by atoms with E-state index in [0.717, 1.165) is 6.42 Å². The van der Waals surface area contributed by atoms with Crippen LogP contribution in [0, 0.1) is 10.1 Å². The van der Waals surface area contributed by atoms with E-state index in [0.29, 0.717) is 18.4 Å². The highest BCUT2D eigenvalue weighted by Crippen LogP contribution is 2.17. The third kappa shape index (κ3) is 2.59. The summed E-state index contributed by atoms with van der Waals surface area (Å²) in [4.78, 5) is 37.2. The second kappa shape index (κ2) is 5.64. The molecule has 104 valence electrons. The maximum atomic E-state index is 12.2. The molecule has 2 aromatic rings. The number of hydrogen-bond donors (Lipinski definition) is 1. The highest BCUT2D eigenvalue weighted by molar-refractivity contribution is 5.98. The van der Waals surface area contributed by atoms with Gasteiger partial charge in [0, 0.05) is 30.3 Å². The number of nitrogens with zero attached hydrogens (tertiary/aromatic N) is 1. The number of aromatic amines is 1. The van der Waals surface area contributed by atoms with Crippen LogP contribution in [0.25, 0.3) is 10.9 Å². The lowest BCUT2D eigenvalue weighted by atomic mass is 10.0. The summed E-state index contributed by atoms with van der Waals surface area (Å²) in [6.45, 7) is 1.96. The van der Waals surface area contributed by atoms with Crippen molar-refractivity contribution in [3.05, 3.63) is 50.3 Å². The number of fused-ring (bicyclic) bond motifs is 1. The third-order valence-electron chi connectivity index (χ3n) is 3.13. The SMILES string of the molecule is CCCCC(=O)c1c[nH]c2ccc([N+](=O)[O-])cc2c1=O. The largest absolute Gasteiger partial charge is 0.360 e. The van der Waals surface area contributed by atoms with Crippen LogP contribution in [0.15, 0.2) is 29.2 Å². The van der Waals surface area contributed by atoms with E-state index in [-0.39, 0.29) is 22.4 Å². The lowest BCUT2D eigenvalue weighted by Crippen LogP contribution is -2.16. The van der Waals surface area contributed by atoms with Crippen molar-refractivity contribution in [2.45, 2.75) is 26.2 Å². The van der Waals surface area contributed by atoms with Crippen LogP contribution in [0.3, 0.4) is 0 Å². The number of Topliss-reactive ketones (excluding diaryl/α,β-unsaturated/α-hetero) is 1.